The Hall–Kier alpha value is -1.32. The summed E-state index contributed by atoms with van der Waals surface area (Å²) in [6.45, 7) is 3.22. The minimum atomic E-state index is -4.10. The van der Waals surface area contributed by atoms with Crippen molar-refractivity contribution < 1.29 is 27.8 Å². The lowest BCUT2D eigenvalue weighted by Gasteiger charge is -2.19. The monoisotopic (exact) mass is 395 g/mol. The minimum Gasteiger partial charge on any atom is -0.496 e. The van der Waals surface area contributed by atoms with Gasteiger partial charge in [-0.05, 0) is 27.9 Å². The van der Waals surface area contributed by atoms with Gasteiger partial charge in [-0.15, -0.1) is 0 Å². The number of nitrogens with one attached hydrogen (secondary N) is 1. The highest BCUT2D eigenvalue weighted by atomic mass is 79.9. The molecule has 2 N–H and O–H groups in total. The van der Waals surface area contributed by atoms with Crippen LogP contribution in [-0.4, -0.2) is 39.8 Å². The van der Waals surface area contributed by atoms with E-state index in [0.29, 0.717) is 4.47 Å². The number of hydrogen-bond donors (Lipinski definition) is 2. The van der Waals surface area contributed by atoms with Crippen LogP contribution in [0, 0.1) is 5.92 Å². The molecule has 9 heteroatoms. The Morgan fingerprint density at radius 2 is 1.77 bits per heavy atom. The van der Waals surface area contributed by atoms with Crippen LogP contribution in [0.1, 0.15) is 13.8 Å². The van der Waals surface area contributed by atoms with E-state index in [4.69, 9.17) is 14.6 Å². The van der Waals surface area contributed by atoms with Crippen molar-refractivity contribution in [3.05, 3.63) is 16.6 Å². The lowest BCUT2D eigenvalue weighted by Crippen LogP contribution is -2.44. The molecule has 0 fully saturated rings. The molecule has 1 rings (SSSR count). The van der Waals surface area contributed by atoms with Gasteiger partial charge in [-0.1, -0.05) is 13.8 Å². The number of aliphatic carboxylic acids is 1. The summed E-state index contributed by atoms with van der Waals surface area (Å²) in [5, 5.41) is 9.13. The summed E-state index contributed by atoms with van der Waals surface area (Å²) >= 11 is 3.23. The van der Waals surface area contributed by atoms with Crippen LogP contribution in [0.4, 0.5) is 0 Å². The molecule has 1 aromatic rings. The van der Waals surface area contributed by atoms with Gasteiger partial charge in [0.05, 0.1) is 18.7 Å². The third-order valence-corrected chi connectivity index (χ3v) is 5.02. The number of benzene rings is 1. The lowest BCUT2D eigenvalue weighted by molar-refractivity contribution is -0.140. The Kier molecular flexibility index (Phi) is 6.21. The number of methoxy groups -OCH3 is 2. The fraction of sp³-hybridized carbons (Fsp3) is 0.462. The molecule has 124 valence electrons. The first-order chi connectivity index (χ1) is 10.1. The van der Waals surface area contributed by atoms with Crippen molar-refractivity contribution in [3.8, 4) is 11.5 Å². The zero-order valence-electron chi connectivity index (χ0n) is 12.6. The van der Waals surface area contributed by atoms with E-state index in [1.165, 1.54) is 26.4 Å². The fourth-order valence-electron chi connectivity index (χ4n) is 1.74. The van der Waals surface area contributed by atoms with Crippen LogP contribution in [0.15, 0.2) is 21.5 Å². The van der Waals surface area contributed by atoms with Gasteiger partial charge in [-0.25, -0.2) is 8.42 Å². The number of halogens is 1. The van der Waals surface area contributed by atoms with E-state index < -0.39 is 28.0 Å². The Morgan fingerprint density at radius 1 is 1.23 bits per heavy atom. The molecule has 1 atom stereocenters. The number of sulfonamides is 1. The summed E-state index contributed by atoms with van der Waals surface area (Å²) in [5.74, 6) is -1.30. The average molecular weight is 396 g/mol. The van der Waals surface area contributed by atoms with Crippen LogP contribution in [-0.2, 0) is 14.8 Å². The first kappa shape index (κ1) is 18.7. The zero-order valence-corrected chi connectivity index (χ0v) is 15.0. The van der Waals surface area contributed by atoms with E-state index in [9.17, 15) is 13.2 Å². The fourth-order valence-corrected chi connectivity index (χ4v) is 3.73. The maximum Gasteiger partial charge on any atom is 0.322 e. The Bertz CT molecular complexity index is 659. The van der Waals surface area contributed by atoms with Crippen LogP contribution >= 0.6 is 15.9 Å². The summed E-state index contributed by atoms with van der Waals surface area (Å²) in [7, 11) is -1.38. The highest BCUT2D eigenvalue weighted by Gasteiger charge is 2.30. The molecule has 0 heterocycles. The van der Waals surface area contributed by atoms with Gasteiger partial charge in [0.1, 0.15) is 22.4 Å². The second-order valence-electron chi connectivity index (χ2n) is 4.82. The molecule has 0 aliphatic carbocycles. The highest BCUT2D eigenvalue weighted by Crippen LogP contribution is 2.35. The molecule has 0 spiro atoms. The maximum absolute atomic E-state index is 12.5. The van der Waals surface area contributed by atoms with Crippen molar-refractivity contribution in [2.24, 2.45) is 5.92 Å². The van der Waals surface area contributed by atoms with Crippen molar-refractivity contribution in [2.45, 2.75) is 24.8 Å². The van der Waals surface area contributed by atoms with Gasteiger partial charge in [-0.2, -0.15) is 4.72 Å². The molecule has 22 heavy (non-hydrogen) atoms. The molecule has 0 amide bonds. The summed E-state index contributed by atoms with van der Waals surface area (Å²) in [5.41, 5.74) is 0. The number of hydrogen-bond acceptors (Lipinski definition) is 5. The van der Waals surface area contributed by atoms with Gasteiger partial charge in [0.25, 0.3) is 0 Å². The van der Waals surface area contributed by atoms with Gasteiger partial charge in [0.15, 0.2) is 0 Å². The summed E-state index contributed by atoms with van der Waals surface area (Å²) in [6.07, 6.45) is 0. The van der Waals surface area contributed by atoms with Gasteiger partial charge in [-0.3, -0.25) is 4.79 Å². The normalized spacial score (nSPS) is 13.0. The van der Waals surface area contributed by atoms with E-state index in [2.05, 4.69) is 20.7 Å². The molecule has 0 saturated heterocycles. The molecule has 7 nitrogen and oxygen atoms in total. The SMILES string of the molecule is COc1cc(S(=O)(=O)N[C@H](C(=O)O)C(C)C)c(OC)cc1Br. The van der Waals surface area contributed by atoms with E-state index in [1.54, 1.807) is 13.8 Å². The molecule has 0 unspecified atom stereocenters. The quantitative estimate of drug-likeness (QED) is 0.730. The van der Waals surface area contributed by atoms with E-state index >= 15 is 0 Å². The van der Waals surface area contributed by atoms with Crippen LogP contribution in [0.25, 0.3) is 0 Å². The molecule has 0 bridgehead atoms. The second kappa shape index (κ2) is 7.30. The molecular formula is C13H18BrNO6S. The molecular weight excluding hydrogens is 378 g/mol. The van der Waals surface area contributed by atoms with Gasteiger partial charge >= 0.3 is 5.97 Å². The third kappa shape index (κ3) is 4.11. The number of rotatable bonds is 7. The Morgan fingerprint density at radius 3 is 2.18 bits per heavy atom. The van der Waals surface area contributed by atoms with Crippen molar-refractivity contribution in [2.75, 3.05) is 14.2 Å². The first-order valence-electron chi connectivity index (χ1n) is 6.30. The first-order valence-corrected chi connectivity index (χ1v) is 8.58. The van der Waals surface area contributed by atoms with E-state index in [1.807, 2.05) is 0 Å². The standard InChI is InChI=1S/C13H18BrNO6S/c1-7(2)12(13(16)17)15-22(18,19)11-6-9(20-3)8(14)5-10(11)21-4/h5-7,12,15H,1-4H3,(H,16,17)/t12-/m0/s1. The minimum absolute atomic E-state index is 0.0769. The molecule has 0 aliphatic heterocycles. The van der Waals surface area contributed by atoms with Crippen LogP contribution in [0.5, 0.6) is 11.5 Å². The molecule has 0 aliphatic rings. The third-order valence-electron chi connectivity index (χ3n) is 2.94. The Labute approximate surface area is 137 Å². The Balaban J connectivity index is 3.35. The van der Waals surface area contributed by atoms with E-state index in [0.717, 1.165) is 0 Å². The molecule has 0 aromatic heterocycles. The summed E-state index contributed by atoms with van der Waals surface area (Å²) < 4.78 is 37.8. The number of carboxylic acids is 1. The van der Waals surface area contributed by atoms with Gasteiger partial charge < -0.3 is 14.6 Å². The van der Waals surface area contributed by atoms with Crippen molar-refractivity contribution >= 4 is 31.9 Å². The van der Waals surface area contributed by atoms with Gasteiger partial charge in [0, 0.05) is 6.07 Å². The van der Waals surface area contributed by atoms with Crippen molar-refractivity contribution in [1.29, 1.82) is 0 Å². The predicted molar refractivity (Wildman–Crippen MR) is 83.8 cm³/mol. The van der Waals surface area contributed by atoms with Crippen molar-refractivity contribution in [1.82, 2.24) is 4.72 Å². The topological polar surface area (TPSA) is 102 Å². The molecule has 0 saturated carbocycles. The van der Waals surface area contributed by atoms with Crippen LogP contribution in [0.3, 0.4) is 0 Å². The van der Waals surface area contributed by atoms with Crippen molar-refractivity contribution in [3.63, 3.8) is 0 Å². The largest absolute Gasteiger partial charge is 0.496 e. The van der Waals surface area contributed by atoms with Gasteiger partial charge in [0.2, 0.25) is 10.0 Å². The number of carbonyl (C=O) groups is 1. The lowest BCUT2D eigenvalue weighted by atomic mass is 10.1. The number of ether oxygens (including phenoxy) is 2. The predicted octanol–water partition coefficient (Wildman–Crippen LogP) is 1.85. The molecule has 0 radical (unpaired) electrons. The number of carboxylic acid groups (broad SMARTS) is 1. The average Bonchev–Trinajstić information content (AvgIpc) is 2.43. The second-order valence-corrected chi connectivity index (χ2v) is 7.36. The van der Waals surface area contributed by atoms with Crippen LogP contribution in [0.2, 0.25) is 0 Å². The highest BCUT2D eigenvalue weighted by molar-refractivity contribution is 9.10. The van der Waals surface area contributed by atoms with Crippen LogP contribution < -0.4 is 14.2 Å². The maximum atomic E-state index is 12.5. The smallest absolute Gasteiger partial charge is 0.322 e. The zero-order chi connectivity index (χ0) is 17.1. The molecule has 1 aromatic carbocycles. The van der Waals surface area contributed by atoms with E-state index in [-0.39, 0.29) is 16.4 Å². The summed E-state index contributed by atoms with van der Waals surface area (Å²) in [6, 6.07) is 1.47. The summed E-state index contributed by atoms with van der Waals surface area (Å²) in [4.78, 5) is 11.0.